The second-order valence-corrected chi connectivity index (χ2v) is 5.09. The molecule has 0 saturated carbocycles. The van der Waals surface area contributed by atoms with Crippen LogP contribution in [0.25, 0.3) is 5.65 Å². The van der Waals surface area contributed by atoms with Gasteiger partial charge in [0.1, 0.15) is 0 Å². The summed E-state index contributed by atoms with van der Waals surface area (Å²) in [6.07, 6.45) is 3.68. The fourth-order valence-corrected chi connectivity index (χ4v) is 2.30. The molecule has 74 valence electrons. The van der Waals surface area contributed by atoms with Crippen LogP contribution >= 0.6 is 15.9 Å². The molecule has 0 saturated heterocycles. The van der Waals surface area contributed by atoms with E-state index in [1.807, 2.05) is 12.3 Å². The van der Waals surface area contributed by atoms with E-state index in [2.05, 4.69) is 46.8 Å². The minimum Gasteiger partial charge on any atom is -0.236 e. The van der Waals surface area contributed by atoms with Gasteiger partial charge in [-0.05, 0) is 22.0 Å². The van der Waals surface area contributed by atoms with Crippen LogP contribution in [0.2, 0.25) is 0 Å². The van der Waals surface area contributed by atoms with Gasteiger partial charge in [-0.25, -0.2) is 9.50 Å². The minimum absolute atomic E-state index is 0.0343. The molecular formula is C10H12BrN3. The Bertz CT molecular complexity index is 468. The third-order valence-corrected chi connectivity index (χ3v) is 2.78. The zero-order chi connectivity index (χ0) is 10.3. The Morgan fingerprint density at radius 3 is 2.64 bits per heavy atom. The van der Waals surface area contributed by atoms with Gasteiger partial charge in [-0.15, -0.1) is 0 Å². The Labute approximate surface area is 91.3 Å². The van der Waals surface area contributed by atoms with E-state index < -0.39 is 0 Å². The molecule has 0 aromatic carbocycles. The van der Waals surface area contributed by atoms with Gasteiger partial charge in [0.25, 0.3) is 0 Å². The largest absolute Gasteiger partial charge is 0.236 e. The summed E-state index contributed by atoms with van der Waals surface area (Å²) in [5.74, 6) is 0. The zero-order valence-corrected chi connectivity index (χ0v) is 10.0. The predicted octanol–water partition coefficient (Wildman–Crippen LogP) is 2.79. The van der Waals surface area contributed by atoms with Crippen molar-refractivity contribution in [2.75, 3.05) is 0 Å². The monoisotopic (exact) mass is 253 g/mol. The lowest BCUT2D eigenvalue weighted by Gasteiger charge is -2.14. The van der Waals surface area contributed by atoms with Crippen molar-refractivity contribution in [1.29, 1.82) is 0 Å². The van der Waals surface area contributed by atoms with E-state index in [1.54, 1.807) is 10.7 Å². The first-order valence-electron chi connectivity index (χ1n) is 4.49. The molecule has 0 unspecified atom stereocenters. The third kappa shape index (κ3) is 1.43. The SMILES string of the molecule is CC(C)(C)c1nn2cccnc2c1Br. The lowest BCUT2D eigenvalue weighted by atomic mass is 9.92. The molecule has 0 aliphatic heterocycles. The van der Waals surface area contributed by atoms with Crippen molar-refractivity contribution in [3.8, 4) is 0 Å². The van der Waals surface area contributed by atoms with E-state index in [1.165, 1.54) is 0 Å². The molecule has 0 amide bonds. The fourth-order valence-electron chi connectivity index (χ4n) is 1.34. The van der Waals surface area contributed by atoms with Crippen LogP contribution in [-0.4, -0.2) is 14.6 Å². The van der Waals surface area contributed by atoms with Crippen LogP contribution in [-0.2, 0) is 5.41 Å². The molecule has 14 heavy (non-hydrogen) atoms. The Hall–Kier alpha value is -0.900. The highest BCUT2D eigenvalue weighted by Gasteiger charge is 2.22. The van der Waals surface area contributed by atoms with Gasteiger partial charge in [0.05, 0.1) is 10.2 Å². The van der Waals surface area contributed by atoms with Crippen LogP contribution < -0.4 is 0 Å². The maximum Gasteiger partial charge on any atom is 0.169 e. The Kier molecular flexibility index (Phi) is 2.10. The quantitative estimate of drug-likeness (QED) is 0.723. The number of rotatable bonds is 0. The van der Waals surface area contributed by atoms with E-state index in [4.69, 9.17) is 0 Å². The van der Waals surface area contributed by atoms with Crippen LogP contribution in [0.3, 0.4) is 0 Å². The lowest BCUT2D eigenvalue weighted by Crippen LogP contribution is -2.12. The molecular weight excluding hydrogens is 242 g/mol. The number of hydrogen-bond acceptors (Lipinski definition) is 2. The lowest BCUT2D eigenvalue weighted by molar-refractivity contribution is 0.560. The Morgan fingerprint density at radius 2 is 2.07 bits per heavy atom. The van der Waals surface area contributed by atoms with Crippen molar-refractivity contribution in [2.45, 2.75) is 26.2 Å². The molecule has 0 spiro atoms. The highest BCUT2D eigenvalue weighted by molar-refractivity contribution is 9.10. The second-order valence-electron chi connectivity index (χ2n) is 4.30. The summed E-state index contributed by atoms with van der Waals surface area (Å²) >= 11 is 3.54. The molecule has 4 heteroatoms. The maximum atomic E-state index is 4.49. The third-order valence-electron chi connectivity index (χ3n) is 2.05. The summed E-state index contributed by atoms with van der Waals surface area (Å²) in [6.45, 7) is 6.42. The van der Waals surface area contributed by atoms with Crippen molar-refractivity contribution in [1.82, 2.24) is 14.6 Å². The van der Waals surface area contributed by atoms with Crippen molar-refractivity contribution in [3.63, 3.8) is 0 Å². The summed E-state index contributed by atoms with van der Waals surface area (Å²) in [4.78, 5) is 4.27. The number of halogens is 1. The standard InChI is InChI=1S/C10H12BrN3/c1-10(2,3)8-7(11)9-12-5-4-6-14(9)13-8/h4-6H,1-3H3. The normalized spacial score (nSPS) is 12.3. The molecule has 0 radical (unpaired) electrons. The average Bonchev–Trinajstić information content (AvgIpc) is 2.44. The molecule has 2 aromatic rings. The molecule has 2 aromatic heterocycles. The Morgan fingerprint density at radius 1 is 1.36 bits per heavy atom. The van der Waals surface area contributed by atoms with Crippen LogP contribution in [0.4, 0.5) is 0 Å². The van der Waals surface area contributed by atoms with Crippen molar-refractivity contribution in [3.05, 3.63) is 28.6 Å². The molecule has 3 nitrogen and oxygen atoms in total. The molecule has 2 rings (SSSR count). The van der Waals surface area contributed by atoms with Crippen LogP contribution in [0, 0.1) is 0 Å². The average molecular weight is 254 g/mol. The second kappa shape index (κ2) is 3.05. The first-order chi connectivity index (χ1) is 6.50. The van der Waals surface area contributed by atoms with Gasteiger partial charge in [0, 0.05) is 17.8 Å². The van der Waals surface area contributed by atoms with Gasteiger partial charge in [-0.1, -0.05) is 20.8 Å². The van der Waals surface area contributed by atoms with Crippen molar-refractivity contribution in [2.24, 2.45) is 0 Å². The molecule has 0 atom stereocenters. The molecule has 0 bridgehead atoms. The zero-order valence-electron chi connectivity index (χ0n) is 8.45. The van der Waals surface area contributed by atoms with E-state index in [9.17, 15) is 0 Å². The maximum absolute atomic E-state index is 4.49. The summed E-state index contributed by atoms with van der Waals surface area (Å²) in [5.41, 5.74) is 1.95. The van der Waals surface area contributed by atoms with E-state index >= 15 is 0 Å². The summed E-state index contributed by atoms with van der Waals surface area (Å²) < 4.78 is 2.79. The fraction of sp³-hybridized carbons (Fsp3) is 0.400. The van der Waals surface area contributed by atoms with Gasteiger partial charge in [0.2, 0.25) is 0 Å². The van der Waals surface area contributed by atoms with Gasteiger partial charge in [0.15, 0.2) is 5.65 Å². The van der Waals surface area contributed by atoms with Crippen molar-refractivity contribution < 1.29 is 0 Å². The predicted molar refractivity (Wildman–Crippen MR) is 59.4 cm³/mol. The molecule has 0 aliphatic rings. The number of nitrogens with zero attached hydrogens (tertiary/aromatic N) is 3. The first-order valence-corrected chi connectivity index (χ1v) is 5.29. The minimum atomic E-state index is 0.0343. The number of aromatic nitrogens is 3. The smallest absolute Gasteiger partial charge is 0.169 e. The van der Waals surface area contributed by atoms with Gasteiger partial charge >= 0.3 is 0 Å². The van der Waals surface area contributed by atoms with Crippen LogP contribution in [0.1, 0.15) is 26.5 Å². The number of hydrogen-bond donors (Lipinski definition) is 0. The first kappa shape index (κ1) is 9.65. The summed E-state index contributed by atoms with van der Waals surface area (Å²) in [7, 11) is 0. The summed E-state index contributed by atoms with van der Waals surface area (Å²) in [6, 6.07) is 1.87. The molecule has 0 aliphatic carbocycles. The van der Waals surface area contributed by atoms with E-state index in [0.717, 1.165) is 15.8 Å². The Balaban J connectivity index is 2.75. The highest BCUT2D eigenvalue weighted by atomic mass is 79.9. The topological polar surface area (TPSA) is 30.2 Å². The van der Waals surface area contributed by atoms with E-state index in [0.29, 0.717) is 0 Å². The molecule has 0 fully saturated rings. The van der Waals surface area contributed by atoms with Gasteiger partial charge in [-0.2, -0.15) is 5.10 Å². The van der Waals surface area contributed by atoms with Gasteiger partial charge < -0.3 is 0 Å². The van der Waals surface area contributed by atoms with Crippen LogP contribution in [0.15, 0.2) is 22.9 Å². The molecule has 0 N–H and O–H groups in total. The molecule has 2 heterocycles. The van der Waals surface area contributed by atoms with Crippen LogP contribution in [0.5, 0.6) is 0 Å². The highest BCUT2D eigenvalue weighted by Crippen LogP contribution is 2.30. The summed E-state index contributed by atoms with van der Waals surface area (Å²) in [5, 5.41) is 4.49. The number of fused-ring (bicyclic) bond motifs is 1. The van der Waals surface area contributed by atoms with Crippen molar-refractivity contribution >= 4 is 21.6 Å². The van der Waals surface area contributed by atoms with Gasteiger partial charge in [-0.3, -0.25) is 0 Å². The van der Waals surface area contributed by atoms with E-state index in [-0.39, 0.29) is 5.41 Å².